The summed E-state index contributed by atoms with van der Waals surface area (Å²) < 4.78 is 47.4. The van der Waals surface area contributed by atoms with E-state index in [9.17, 15) is 16.8 Å². The molecule has 0 atom stereocenters. The molecule has 1 rings (SSSR count). The lowest BCUT2D eigenvalue weighted by Gasteiger charge is -2.09. The number of hydrogen-bond acceptors (Lipinski definition) is 5. The monoisotopic (exact) mass is 294 g/mol. The van der Waals surface area contributed by atoms with Gasteiger partial charge in [0.15, 0.2) is 9.84 Å². The van der Waals surface area contributed by atoms with Gasteiger partial charge in [-0.05, 0) is 20.3 Å². The minimum Gasteiger partial charge on any atom is -0.322 e. The van der Waals surface area contributed by atoms with Crippen molar-refractivity contribution in [2.24, 2.45) is 0 Å². The van der Waals surface area contributed by atoms with Crippen molar-refractivity contribution in [3.63, 3.8) is 0 Å². The third-order valence-corrected chi connectivity index (χ3v) is 5.85. The second kappa shape index (κ2) is 5.40. The zero-order valence-corrected chi connectivity index (χ0v) is 12.3. The van der Waals surface area contributed by atoms with Gasteiger partial charge < -0.3 is 4.57 Å². The van der Waals surface area contributed by atoms with E-state index in [1.54, 1.807) is 20.0 Å². The third kappa shape index (κ3) is 3.81. The Hall–Kier alpha value is -0.890. The molecule has 1 heterocycles. The zero-order chi connectivity index (χ0) is 14.0. The minimum absolute atomic E-state index is 0.0237. The van der Waals surface area contributed by atoms with Gasteiger partial charge in [-0.15, -0.1) is 0 Å². The molecular weight excluding hydrogens is 276 g/mol. The highest BCUT2D eigenvalue weighted by atomic mass is 32.2. The molecule has 0 amide bonds. The van der Waals surface area contributed by atoms with E-state index in [4.69, 9.17) is 0 Å². The highest BCUT2D eigenvalue weighted by Gasteiger charge is 2.17. The van der Waals surface area contributed by atoms with Gasteiger partial charge in [-0.25, -0.2) is 21.8 Å². The van der Waals surface area contributed by atoms with E-state index in [0.717, 1.165) is 6.26 Å². The Morgan fingerprint density at radius 1 is 1.28 bits per heavy atom. The summed E-state index contributed by atoms with van der Waals surface area (Å²) in [6, 6.07) is 0. The van der Waals surface area contributed by atoms with Crippen LogP contribution >= 0.6 is 0 Å². The average Bonchev–Trinajstić information content (AvgIpc) is 2.64. The van der Waals surface area contributed by atoms with E-state index in [-0.39, 0.29) is 10.9 Å². The first-order valence-electron chi connectivity index (χ1n) is 5.57. The molecule has 104 valence electrons. The Morgan fingerprint density at radius 2 is 1.89 bits per heavy atom. The number of rotatable bonds is 6. The van der Waals surface area contributed by atoms with E-state index in [1.807, 2.05) is 0 Å². The molecule has 0 saturated heterocycles. The van der Waals surface area contributed by atoms with Crippen LogP contribution < -0.4 is 0 Å². The summed E-state index contributed by atoms with van der Waals surface area (Å²) in [4.78, 5) is 3.76. The molecule has 1 aromatic rings. The lowest BCUT2D eigenvalue weighted by molar-refractivity contribution is 0.554. The number of sulfone groups is 2. The normalized spacial score (nSPS) is 13.1. The van der Waals surface area contributed by atoms with Gasteiger partial charge in [0.1, 0.15) is 0 Å². The molecule has 0 aliphatic carbocycles. The van der Waals surface area contributed by atoms with Gasteiger partial charge in [0.05, 0.1) is 11.0 Å². The van der Waals surface area contributed by atoms with Crippen molar-refractivity contribution in [2.45, 2.75) is 37.2 Å². The first kappa shape index (κ1) is 15.2. The summed E-state index contributed by atoms with van der Waals surface area (Å²) in [5, 5.41) is -0.431. The van der Waals surface area contributed by atoms with Crippen LogP contribution in [0.5, 0.6) is 0 Å². The van der Waals surface area contributed by atoms with Crippen molar-refractivity contribution in [1.29, 1.82) is 0 Å². The van der Waals surface area contributed by atoms with Crippen LogP contribution in [0.25, 0.3) is 0 Å². The molecule has 6 nitrogen and oxygen atoms in total. The van der Waals surface area contributed by atoms with Crippen LogP contribution in [0.15, 0.2) is 17.6 Å². The van der Waals surface area contributed by atoms with Crippen LogP contribution in [-0.2, 0) is 26.2 Å². The van der Waals surface area contributed by atoms with Crippen molar-refractivity contribution in [3.05, 3.63) is 12.4 Å². The summed E-state index contributed by atoms with van der Waals surface area (Å²) in [6.45, 7) is 3.59. The molecular formula is C10H18N2O4S2. The Kier molecular flexibility index (Phi) is 4.55. The van der Waals surface area contributed by atoms with Crippen molar-refractivity contribution in [1.82, 2.24) is 9.55 Å². The fraction of sp³-hybridized carbons (Fsp3) is 0.700. The van der Waals surface area contributed by atoms with Crippen LogP contribution in [0.4, 0.5) is 0 Å². The lowest BCUT2D eigenvalue weighted by atomic mass is 10.5. The number of hydrogen-bond donors (Lipinski definition) is 0. The number of aromatic nitrogens is 2. The molecule has 0 aromatic carbocycles. The molecule has 1 aromatic heterocycles. The maximum atomic E-state index is 11.6. The minimum atomic E-state index is -3.37. The average molecular weight is 294 g/mol. The van der Waals surface area contributed by atoms with Gasteiger partial charge >= 0.3 is 0 Å². The Bertz CT molecular complexity index is 600. The first-order chi connectivity index (χ1) is 8.14. The van der Waals surface area contributed by atoms with E-state index < -0.39 is 24.9 Å². The van der Waals surface area contributed by atoms with Gasteiger partial charge in [-0.3, -0.25) is 0 Å². The van der Waals surface area contributed by atoms with Crippen molar-refractivity contribution in [2.75, 3.05) is 12.0 Å². The summed E-state index contributed by atoms with van der Waals surface area (Å²) in [6.07, 6.45) is 4.39. The van der Waals surface area contributed by atoms with E-state index in [1.165, 1.54) is 10.8 Å². The molecule has 18 heavy (non-hydrogen) atoms. The molecule has 0 aliphatic rings. The summed E-state index contributed by atoms with van der Waals surface area (Å²) in [7, 11) is -6.45. The Morgan fingerprint density at radius 3 is 2.39 bits per heavy atom. The predicted octanol–water partition coefficient (Wildman–Crippen LogP) is 0.500. The van der Waals surface area contributed by atoms with Gasteiger partial charge in [-0.1, -0.05) is 0 Å². The smallest absolute Gasteiger partial charge is 0.227 e. The zero-order valence-electron chi connectivity index (χ0n) is 10.7. The number of imidazole rings is 1. The maximum absolute atomic E-state index is 11.6. The van der Waals surface area contributed by atoms with Gasteiger partial charge in [-0.2, -0.15) is 0 Å². The van der Waals surface area contributed by atoms with Crippen LogP contribution in [0, 0.1) is 0 Å². The fourth-order valence-electron chi connectivity index (χ4n) is 1.47. The number of nitrogens with zero attached hydrogens (tertiary/aromatic N) is 2. The fourth-order valence-corrected chi connectivity index (χ4v) is 3.30. The van der Waals surface area contributed by atoms with E-state index in [0.29, 0.717) is 13.0 Å². The molecule has 0 spiro atoms. The van der Waals surface area contributed by atoms with Crippen LogP contribution in [-0.4, -0.2) is 43.6 Å². The largest absolute Gasteiger partial charge is 0.322 e. The van der Waals surface area contributed by atoms with E-state index >= 15 is 0 Å². The highest BCUT2D eigenvalue weighted by Crippen LogP contribution is 2.09. The molecule has 0 aliphatic heterocycles. The predicted molar refractivity (Wildman–Crippen MR) is 68.9 cm³/mol. The second-order valence-electron chi connectivity index (χ2n) is 4.44. The molecule has 0 saturated carbocycles. The van der Waals surface area contributed by atoms with Gasteiger partial charge in [0, 0.05) is 25.2 Å². The summed E-state index contributed by atoms with van der Waals surface area (Å²) >= 11 is 0. The molecule has 8 heteroatoms. The maximum Gasteiger partial charge on any atom is 0.227 e. The topological polar surface area (TPSA) is 86.1 Å². The second-order valence-corrected chi connectivity index (χ2v) is 9.03. The van der Waals surface area contributed by atoms with Crippen molar-refractivity contribution in [3.8, 4) is 0 Å². The number of aryl methyl sites for hydroxylation is 1. The van der Waals surface area contributed by atoms with Crippen LogP contribution in [0.1, 0.15) is 20.3 Å². The molecule has 0 N–H and O–H groups in total. The molecule has 0 bridgehead atoms. The van der Waals surface area contributed by atoms with Gasteiger partial charge in [0.2, 0.25) is 15.0 Å². The molecule has 0 fully saturated rings. The highest BCUT2D eigenvalue weighted by molar-refractivity contribution is 7.92. The Balaban J connectivity index is 2.70. The molecule has 0 unspecified atom stereocenters. The third-order valence-electron chi connectivity index (χ3n) is 2.56. The van der Waals surface area contributed by atoms with Crippen LogP contribution in [0.2, 0.25) is 0 Å². The van der Waals surface area contributed by atoms with E-state index in [2.05, 4.69) is 4.98 Å². The first-order valence-corrected chi connectivity index (χ1v) is 9.18. The van der Waals surface area contributed by atoms with Crippen LogP contribution in [0.3, 0.4) is 0 Å². The SMILES string of the molecule is CC(C)S(=O)(=O)CCCn1ccnc1S(C)(=O)=O. The standard InChI is InChI=1S/C10H18N2O4S2/c1-9(2)18(15,16)8-4-6-12-7-5-11-10(12)17(3,13)14/h5,7,9H,4,6,8H2,1-3H3. The van der Waals surface area contributed by atoms with Gasteiger partial charge in [0.25, 0.3) is 0 Å². The molecule has 0 radical (unpaired) electrons. The lowest BCUT2D eigenvalue weighted by Crippen LogP contribution is -2.19. The quantitative estimate of drug-likeness (QED) is 0.762. The van der Waals surface area contributed by atoms with Crippen molar-refractivity contribution >= 4 is 19.7 Å². The van der Waals surface area contributed by atoms with Crippen molar-refractivity contribution < 1.29 is 16.8 Å². The Labute approximate surface area is 108 Å². The summed E-state index contributed by atoms with van der Waals surface area (Å²) in [5.41, 5.74) is 0. The summed E-state index contributed by atoms with van der Waals surface area (Å²) in [5.74, 6) is 0.0477.